The third-order valence-electron chi connectivity index (χ3n) is 3.47. The fraction of sp³-hybridized carbons (Fsp3) is 0.235. The molecule has 23 heavy (non-hydrogen) atoms. The van der Waals surface area contributed by atoms with E-state index in [4.69, 9.17) is 4.74 Å². The largest absolute Gasteiger partial charge is 0.484 e. The number of hydrogen-bond acceptors (Lipinski definition) is 4. The standard InChI is InChI=1S/C17H18N2O4/c1-11-4-6-14(7-5-11)23-10-17(20)18-15-8-12(2)13(3)9-16(15)19(21)22/h4-9H,10H2,1-3H3,(H,18,20). The van der Waals surface area contributed by atoms with Crippen molar-refractivity contribution in [2.75, 3.05) is 11.9 Å². The molecule has 0 aliphatic heterocycles. The van der Waals surface area contributed by atoms with Crippen molar-refractivity contribution in [2.45, 2.75) is 20.8 Å². The van der Waals surface area contributed by atoms with Gasteiger partial charge in [0.1, 0.15) is 11.4 Å². The van der Waals surface area contributed by atoms with Crippen molar-refractivity contribution < 1.29 is 14.5 Å². The molecular formula is C17H18N2O4. The molecule has 1 N–H and O–H groups in total. The van der Waals surface area contributed by atoms with Gasteiger partial charge in [-0.1, -0.05) is 17.7 Å². The molecule has 0 spiro atoms. The minimum Gasteiger partial charge on any atom is -0.484 e. The first kappa shape index (κ1) is 16.5. The summed E-state index contributed by atoms with van der Waals surface area (Å²) in [5.41, 5.74) is 2.80. The van der Waals surface area contributed by atoms with Crippen molar-refractivity contribution in [3.8, 4) is 5.75 Å². The quantitative estimate of drug-likeness (QED) is 0.676. The molecule has 2 aromatic rings. The van der Waals surface area contributed by atoms with Crippen molar-refractivity contribution in [1.29, 1.82) is 0 Å². The molecule has 1 amide bonds. The van der Waals surface area contributed by atoms with Crippen LogP contribution in [0, 0.1) is 30.9 Å². The summed E-state index contributed by atoms with van der Waals surface area (Å²) in [6, 6.07) is 10.3. The molecule has 6 nitrogen and oxygen atoms in total. The van der Waals surface area contributed by atoms with Crippen LogP contribution in [-0.4, -0.2) is 17.4 Å². The first-order valence-electron chi connectivity index (χ1n) is 7.12. The number of amides is 1. The van der Waals surface area contributed by atoms with E-state index in [1.807, 2.05) is 26.0 Å². The van der Waals surface area contributed by atoms with Gasteiger partial charge in [0.2, 0.25) is 0 Å². The highest BCUT2D eigenvalue weighted by Crippen LogP contribution is 2.27. The van der Waals surface area contributed by atoms with Crippen LogP contribution in [0.15, 0.2) is 36.4 Å². The average molecular weight is 314 g/mol. The van der Waals surface area contributed by atoms with Gasteiger partial charge in [-0.2, -0.15) is 0 Å². The normalized spacial score (nSPS) is 10.2. The van der Waals surface area contributed by atoms with Gasteiger partial charge in [-0.05, 0) is 50.1 Å². The van der Waals surface area contributed by atoms with Gasteiger partial charge < -0.3 is 10.1 Å². The summed E-state index contributed by atoms with van der Waals surface area (Å²) in [4.78, 5) is 22.6. The summed E-state index contributed by atoms with van der Waals surface area (Å²) in [6.07, 6.45) is 0. The number of carbonyl (C=O) groups excluding carboxylic acids is 1. The monoisotopic (exact) mass is 314 g/mol. The molecule has 0 saturated heterocycles. The minimum atomic E-state index is -0.511. The maximum Gasteiger partial charge on any atom is 0.293 e. The SMILES string of the molecule is Cc1ccc(OCC(=O)Nc2cc(C)c(C)cc2[N+](=O)[O-])cc1. The molecule has 0 aliphatic carbocycles. The molecule has 0 aromatic heterocycles. The van der Waals surface area contributed by atoms with Crippen molar-refractivity contribution >= 4 is 17.3 Å². The van der Waals surface area contributed by atoms with Crippen LogP contribution in [0.2, 0.25) is 0 Å². The van der Waals surface area contributed by atoms with Crippen LogP contribution >= 0.6 is 0 Å². The molecule has 120 valence electrons. The van der Waals surface area contributed by atoms with E-state index in [-0.39, 0.29) is 18.0 Å². The van der Waals surface area contributed by atoms with Gasteiger partial charge >= 0.3 is 0 Å². The van der Waals surface area contributed by atoms with Gasteiger partial charge in [-0.15, -0.1) is 0 Å². The Morgan fingerprint density at radius 1 is 1.13 bits per heavy atom. The molecule has 0 bridgehead atoms. The zero-order chi connectivity index (χ0) is 17.0. The van der Waals surface area contributed by atoms with Crippen LogP contribution in [0.1, 0.15) is 16.7 Å². The number of nitro groups is 1. The summed E-state index contributed by atoms with van der Waals surface area (Å²) in [5.74, 6) is 0.122. The number of anilines is 1. The molecule has 2 aromatic carbocycles. The maximum atomic E-state index is 12.0. The van der Waals surface area contributed by atoms with Crippen LogP contribution in [0.5, 0.6) is 5.75 Å². The Morgan fingerprint density at radius 2 is 1.74 bits per heavy atom. The maximum absolute atomic E-state index is 12.0. The lowest BCUT2D eigenvalue weighted by molar-refractivity contribution is -0.384. The molecular weight excluding hydrogens is 296 g/mol. The van der Waals surface area contributed by atoms with Gasteiger partial charge in [0.05, 0.1) is 4.92 Å². The van der Waals surface area contributed by atoms with E-state index in [0.29, 0.717) is 5.75 Å². The van der Waals surface area contributed by atoms with Gasteiger partial charge in [0.25, 0.3) is 11.6 Å². The number of aryl methyl sites for hydroxylation is 3. The lowest BCUT2D eigenvalue weighted by Crippen LogP contribution is -2.21. The Bertz CT molecular complexity index is 739. The summed E-state index contributed by atoms with van der Waals surface area (Å²) in [7, 11) is 0. The van der Waals surface area contributed by atoms with Crippen molar-refractivity contribution in [2.24, 2.45) is 0 Å². The van der Waals surface area contributed by atoms with E-state index in [0.717, 1.165) is 16.7 Å². The smallest absolute Gasteiger partial charge is 0.293 e. The van der Waals surface area contributed by atoms with E-state index < -0.39 is 10.8 Å². The first-order valence-corrected chi connectivity index (χ1v) is 7.12. The number of carbonyl (C=O) groups is 1. The predicted molar refractivity (Wildman–Crippen MR) is 87.9 cm³/mol. The summed E-state index contributed by atoms with van der Waals surface area (Å²) in [6.45, 7) is 5.36. The van der Waals surface area contributed by atoms with E-state index in [9.17, 15) is 14.9 Å². The van der Waals surface area contributed by atoms with Gasteiger partial charge in [0, 0.05) is 6.07 Å². The Balaban J connectivity index is 2.06. The Hall–Kier alpha value is -2.89. The number of ether oxygens (including phenoxy) is 1. The fourth-order valence-corrected chi connectivity index (χ4v) is 2.02. The van der Waals surface area contributed by atoms with Crippen LogP contribution in [0.4, 0.5) is 11.4 Å². The topological polar surface area (TPSA) is 81.5 Å². The van der Waals surface area contributed by atoms with E-state index in [1.54, 1.807) is 25.1 Å². The molecule has 0 unspecified atom stereocenters. The van der Waals surface area contributed by atoms with Crippen molar-refractivity contribution in [3.63, 3.8) is 0 Å². The van der Waals surface area contributed by atoms with Crippen LogP contribution in [0.3, 0.4) is 0 Å². The summed E-state index contributed by atoms with van der Waals surface area (Å²) < 4.78 is 5.37. The van der Waals surface area contributed by atoms with Crippen LogP contribution in [-0.2, 0) is 4.79 Å². The molecule has 0 aliphatic rings. The molecule has 0 saturated carbocycles. The lowest BCUT2D eigenvalue weighted by Gasteiger charge is -2.10. The lowest BCUT2D eigenvalue weighted by atomic mass is 10.1. The number of rotatable bonds is 5. The number of nitrogens with zero attached hydrogens (tertiary/aromatic N) is 1. The fourth-order valence-electron chi connectivity index (χ4n) is 2.02. The van der Waals surface area contributed by atoms with E-state index >= 15 is 0 Å². The molecule has 6 heteroatoms. The number of benzene rings is 2. The molecule has 2 rings (SSSR count). The van der Waals surface area contributed by atoms with Gasteiger partial charge in [-0.25, -0.2) is 0 Å². The number of hydrogen-bond donors (Lipinski definition) is 1. The summed E-state index contributed by atoms with van der Waals surface area (Å²) >= 11 is 0. The molecule has 0 radical (unpaired) electrons. The van der Waals surface area contributed by atoms with Gasteiger partial charge in [-0.3, -0.25) is 14.9 Å². The second-order valence-corrected chi connectivity index (χ2v) is 5.36. The molecule has 0 fully saturated rings. The highest BCUT2D eigenvalue weighted by Gasteiger charge is 2.17. The number of nitrogens with one attached hydrogen (secondary N) is 1. The third kappa shape index (κ3) is 4.29. The highest BCUT2D eigenvalue weighted by molar-refractivity contribution is 5.94. The van der Waals surface area contributed by atoms with Crippen molar-refractivity contribution in [1.82, 2.24) is 0 Å². The minimum absolute atomic E-state index is 0.128. The Morgan fingerprint density at radius 3 is 2.35 bits per heavy atom. The Kier molecular flexibility index (Phi) is 4.95. The third-order valence-corrected chi connectivity index (χ3v) is 3.47. The predicted octanol–water partition coefficient (Wildman–Crippen LogP) is 3.54. The first-order chi connectivity index (χ1) is 10.9. The Labute approximate surface area is 134 Å². The zero-order valence-electron chi connectivity index (χ0n) is 13.3. The van der Waals surface area contributed by atoms with Crippen LogP contribution in [0.25, 0.3) is 0 Å². The second-order valence-electron chi connectivity index (χ2n) is 5.36. The van der Waals surface area contributed by atoms with Crippen LogP contribution < -0.4 is 10.1 Å². The highest BCUT2D eigenvalue weighted by atomic mass is 16.6. The second kappa shape index (κ2) is 6.91. The molecule has 0 heterocycles. The van der Waals surface area contributed by atoms with Gasteiger partial charge in [0.15, 0.2) is 6.61 Å². The summed E-state index contributed by atoms with van der Waals surface area (Å²) in [5, 5.41) is 13.6. The number of nitro benzene ring substituents is 1. The van der Waals surface area contributed by atoms with Crippen molar-refractivity contribution in [3.05, 3.63) is 63.2 Å². The molecule has 0 atom stereocenters. The van der Waals surface area contributed by atoms with E-state index in [1.165, 1.54) is 6.07 Å². The van der Waals surface area contributed by atoms with E-state index in [2.05, 4.69) is 5.32 Å². The zero-order valence-corrected chi connectivity index (χ0v) is 13.3. The average Bonchev–Trinajstić information content (AvgIpc) is 2.50.